The van der Waals surface area contributed by atoms with Gasteiger partial charge in [0, 0.05) is 6.42 Å². The molecule has 2 aliphatic rings. The molecule has 0 unspecified atom stereocenters. The van der Waals surface area contributed by atoms with Gasteiger partial charge in [-0.15, -0.1) is 0 Å². The van der Waals surface area contributed by atoms with Gasteiger partial charge >= 0.3 is 5.97 Å². The van der Waals surface area contributed by atoms with E-state index in [0.29, 0.717) is 6.42 Å². The van der Waals surface area contributed by atoms with Gasteiger partial charge in [0.2, 0.25) is 0 Å². The van der Waals surface area contributed by atoms with Crippen LogP contribution < -0.4 is 4.74 Å². The highest BCUT2D eigenvalue weighted by atomic mass is 16.5. The topological polar surface area (TPSA) is 46.5 Å². The summed E-state index contributed by atoms with van der Waals surface area (Å²) in [6, 6.07) is 9.04. The molecule has 210 valence electrons. The zero-order chi connectivity index (χ0) is 26.1. The highest BCUT2D eigenvalue weighted by Gasteiger charge is 2.31. The van der Waals surface area contributed by atoms with Gasteiger partial charge in [-0.1, -0.05) is 96.1 Å². The third-order valence-corrected chi connectivity index (χ3v) is 9.45. The van der Waals surface area contributed by atoms with Crippen LogP contribution in [0.2, 0.25) is 0 Å². The molecular formula is C34H56O3. The minimum absolute atomic E-state index is 0.319. The third kappa shape index (κ3) is 11.8. The molecule has 0 saturated heterocycles. The average molecular weight is 513 g/mol. The zero-order valence-electron chi connectivity index (χ0n) is 23.9. The van der Waals surface area contributed by atoms with Crippen molar-refractivity contribution < 1.29 is 14.6 Å². The van der Waals surface area contributed by atoms with Crippen molar-refractivity contribution >= 4 is 5.97 Å². The molecule has 3 nitrogen and oxygen atoms in total. The van der Waals surface area contributed by atoms with Crippen LogP contribution >= 0.6 is 0 Å². The molecule has 1 N–H and O–H groups in total. The van der Waals surface area contributed by atoms with Crippen LogP contribution in [0.4, 0.5) is 0 Å². The first kappa shape index (κ1) is 30.0. The Morgan fingerprint density at radius 2 is 1.30 bits per heavy atom. The van der Waals surface area contributed by atoms with E-state index < -0.39 is 5.97 Å². The van der Waals surface area contributed by atoms with E-state index in [9.17, 15) is 4.79 Å². The standard InChI is InChI=1S/C34H56O3/c1-2-3-10-13-28-15-17-29(18-16-28)30-19-21-31(22-20-30)32-23-25-33(26-24-32)37-27-12-9-7-5-4-6-8-11-14-34(35)36/h23-26,28-31H,2-22,27H2,1H3,(H,35,36). The molecule has 0 heterocycles. The van der Waals surface area contributed by atoms with Crippen LogP contribution in [0.5, 0.6) is 5.75 Å². The largest absolute Gasteiger partial charge is 0.494 e. The van der Waals surface area contributed by atoms with Gasteiger partial charge in [0.15, 0.2) is 0 Å². The number of benzene rings is 1. The summed E-state index contributed by atoms with van der Waals surface area (Å²) in [7, 11) is 0. The number of hydrogen-bond donors (Lipinski definition) is 1. The fourth-order valence-corrected chi connectivity index (χ4v) is 7.02. The van der Waals surface area contributed by atoms with Crippen LogP contribution in [0, 0.1) is 17.8 Å². The molecule has 0 atom stereocenters. The molecule has 0 amide bonds. The first-order chi connectivity index (χ1) is 18.2. The summed E-state index contributed by atoms with van der Waals surface area (Å²) in [4.78, 5) is 10.5. The second-order valence-corrected chi connectivity index (χ2v) is 12.3. The maximum Gasteiger partial charge on any atom is 0.303 e. The van der Waals surface area contributed by atoms with Crippen LogP contribution in [0.3, 0.4) is 0 Å². The van der Waals surface area contributed by atoms with Crippen LogP contribution in [-0.4, -0.2) is 17.7 Å². The lowest BCUT2D eigenvalue weighted by molar-refractivity contribution is -0.137. The van der Waals surface area contributed by atoms with Crippen molar-refractivity contribution in [2.45, 2.75) is 148 Å². The van der Waals surface area contributed by atoms with Crippen LogP contribution in [0.25, 0.3) is 0 Å². The lowest BCUT2D eigenvalue weighted by Crippen LogP contribution is -2.25. The van der Waals surface area contributed by atoms with E-state index in [1.54, 1.807) is 0 Å². The summed E-state index contributed by atoms with van der Waals surface area (Å²) in [6.07, 6.45) is 26.8. The normalized spacial score (nSPS) is 24.1. The first-order valence-electron chi connectivity index (χ1n) is 16.1. The van der Waals surface area contributed by atoms with Gasteiger partial charge in [-0.3, -0.25) is 4.79 Å². The Balaban J connectivity index is 1.22. The van der Waals surface area contributed by atoms with E-state index in [4.69, 9.17) is 9.84 Å². The van der Waals surface area contributed by atoms with Crippen molar-refractivity contribution in [1.82, 2.24) is 0 Å². The van der Waals surface area contributed by atoms with Crippen molar-refractivity contribution in [3.63, 3.8) is 0 Å². The number of ether oxygens (including phenoxy) is 1. The molecule has 3 heteroatoms. The molecule has 2 saturated carbocycles. The zero-order valence-corrected chi connectivity index (χ0v) is 23.9. The molecule has 2 aliphatic carbocycles. The van der Waals surface area contributed by atoms with E-state index in [1.165, 1.54) is 108 Å². The summed E-state index contributed by atoms with van der Waals surface area (Å²) in [5, 5.41) is 8.66. The van der Waals surface area contributed by atoms with E-state index >= 15 is 0 Å². The molecule has 37 heavy (non-hydrogen) atoms. The summed E-state index contributed by atoms with van der Waals surface area (Å²) in [5.74, 6) is 4.15. The SMILES string of the molecule is CCCCCC1CCC(C2CCC(c3ccc(OCCCCCCCCCCC(=O)O)cc3)CC2)CC1. The smallest absolute Gasteiger partial charge is 0.303 e. The Morgan fingerprint density at radius 3 is 1.89 bits per heavy atom. The highest BCUT2D eigenvalue weighted by Crippen LogP contribution is 2.44. The summed E-state index contributed by atoms with van der Waals surface area (Å²) in [5.41, 5.74) is 1.52. The van der Waals surface area contributed by atoms with Crippen LogP contribution in [-0.2, 0) is 4.79 Å². The summed E-state index contributed by atoms with van der Waals surface area (Å²) < 4.78 is 6.01. The number of rotatable bonds is 18. The Bertz CT molecular complexity index is 711. The molecule has 0 spiro atoms. The molecular weight excluding hydrogens is 456 g/mol. The lowest BCUT2D eigenvalue weighted by Gasteiger charge is -2.38. The number of carbonyl (C=O) groups is 1. The number of hydrogen-bond acceptors (Lipinski definition) is 2. The van der Waals surface area contributed by atoms with Gasteiger partial charge in [-0.2, -0.15) is 0 Å². The second-order valence-electron chi connectivity index (χ2n) is 12.3. The quantitative estimate of drug-likeness (QED) is 0.199. The Labute approximate surface area is 228 Å². The number of aliphatic carboxylic acids is 1. The second kappa shape index (κ2) is 17.9. The van der Waals surface area contributed by atoms with Gasteiger partial charge in [0.25, 0.3) is 0 Å². The fraction of sp³-hybridized carbons (Fsp3) is 0.794. The minimum atomic E-state index is -0.669. The molecule has 0 bridgehead atoms. The number of unbranched alkanes of at least 4 members (excludes halogenated alkanes) is 9. The molecule has 0 aromatic heterocycles. The summed E-state index contributed by atoms with van der Waals surface area (Å²) >= 11 is 0. The van der Waals surface area contributed by atoms with Crippen molar-refractivity contribution in [3.8, 4) is 5.75 Å². The van der Waals surface area contributed by atoms with Gasteiger partial charge in [0.1, 0.15) is 5.75 Å². The van der Waals surface area contributed by atoms with Gasteiger partial charge in [0.05, 0.1) is 6.61 Å². The van der Waals surface area contributed by atoms with E-state index in [0.717, 1.165) is 61.7 Å². The predicted octanol–water partition coefficient (Wildman–Crippen LogP) is 10.3. The predicted molar refractivity (Wildman–Crippen MR) is 155 cm³/mol. The van der Waals surface area contributed by atoms with Crippen molar-refractivity contribution in [1.29, 1.82) is 0 Å². The Kier molecular flexibility index (Phi) is 14.5. The fourth-order valence-electron chi connectivity index (χ4n) is 7.02. The molecule has 3 rings (SSSR count). The third-order valence-electron chi connectivity index (χ3n) is 9.45. The van der Waals surface area contributed by atoms with E-state index in [-0.39, 0.29) is 0 Å². The number of carboxylic acid groups (broad SMARTS) is 1. The molecule has 0 aliphatic heterocycles. The molecule has 2 fully saturated rings. The van der Waals surface area contributed by atoms with E-state index in [1.807, 2.05) is 0 Å². The molecule has 1 aromatic rings. The van der Waals surface area contributed by atoms with Gasteiger partial charge in [-0.25, -0.2) is 0 Å². The van der Waals surface area contributed by atoms with Crippen molar-refractivity contribution in [3.05, 3.63) is 29.8 Å². The summed E-state index contributed by atoms with van der Waals surface area (Å²) in [6.45, 7) is 3.13. The van der Waals surface area contributed by atoms with Crippen molar-refractivity contribution in [2.24, 2.45) is 17.8 Å². The van der Waals surface area contributed by atoms with Gasteiger partial charge < -0.3 is 9.84 Å². The Morgan fingerprint density at radius 1 is 0.730 bits per heavy atom. The van der Waals surface area contributed by atoms with Crippen LogP contribution in [0.1, 0.15) is 153 Å². The van der Waals surface area contributed by atoms with Crippen molar-refractivity contribution in [2.75, 3.05) is 6.61 Å². The molecule has 0 radical (unpaired) electrons. The van der Waals surface area contributed by atoms with E-state index in [2.05, 4.69) is 31.2 Å². The maximum absolute atomic E-state index is 10.5. The number of carboxylic acids is 1. The highest BCUT2D eigenvalue weighted by molar-refractivity contribution is 5.66. The molecule has 1 aromatic carbocycles. The van der Waals surface area contributed by atoms with Crippen LogP contribution in [0.15, 0.2) is 24.3 Å². The Hall–Kier alpha value is -1.51. The van der Waals surface area contributed by atoms with Gasteiger partial charge in [-0.05, 0) is 92.7 Å². The maximum atomic E-state index is 10.5. The monoisotopic (exact) mass is 512 g/mol. The average Bonchev–Trinajstić information content (AvgIpc) is 2.92. The minimum Gasteiger partial charge on any atom is -0.494 e. The lowest BCUT2D eigenvalue weighted by atomic mass is 9.68. The first-order valence-corrected chi connectivity index (χ1v) is 16.1.